The maximum absolute atomic E-state index is 13.4. The van der Waals surface area contributed by atoms with Gasteiger partial charge < -0.3 is 10.5 Å². The predicted molar refractivity (Wildman–Crippen MR) is 82.7 cm³/mol. The average molecular weight is 338 g/mol. The molecular formula is C16H17BrFNO. The zero-order chi connectivity index (χ0) is 14.7. The Balaban J connectivity index is 2.32. The number of rotatable bonds is 4. The zero-order valence-corrected chi connectivity index (χ0v) is 13.1. The summed E-state index contributed by atoms with van der Waals surface area (Å²) in [7, 11) is 0. The van der Waals surface area contributed by atoms with Crippen molar-refractivity contribution in [1.29, 1.82) is 0 Å². The lowest BCUT2D eigenvalue weighted by molar-refractivity contribution is 0.468. The molecule has 0 aliphatic carbocycles. The Morgan fingerprint density at radius 1 is 1.25 bits per heavy atom. The molecule has 0 fully saturated rings. The van der Waals surface area contributed by atoms with E-state index in [0.717, 1.165) is 11.1 Å². The highest BCUT2D eigenvalue weighted by molar-refractivity contribution is 9.10. The number of hydrogen-bond acceptors (Lipinski definition) is 2. The molecule has 0 amide bonds. The summed E-state index contributed by atoms with van der Waals surface area (Å²) < 4.78 is 19.8. The van der Waals surface area contributed by atoms with Crippen LogP contribution in [-0.4, -0.2) is 6.04 Å². The number of benzene rings is 2. The van der Waals surface area contributed by atoms with Crippen LogP contribution in [0.5, 0.6) is 11.5 Å². The second-order valence-electron chi connectivity index (χ2n) is 5.00. The molecule has 2 N–H and O–H groups in total. The lowest BCUT2D eigenvalue weighted by Gasteiger charge is -2.14. The summed E-state index contributed by atoms with van der Waals surface area (Å²) in [5.41, 5.74) is 8.04. The van der Waals surface area contributed by atoms with E-state index >= 15 is 0 Å². The summed E-state index contributed by atoms with van der Waals surface area (Å²) in [6.45, 7) is 3.97. The van der Waals surface area contributed by atoms with Gasteiger partial charge in [-0.05, 0) is 44.0 Å². The Morgan fingerprint density at radius 2 is 2.00 bits per heavy atom. The van der Waals surface area contributed by atoms with E-state index < -0.39 is 0 Å². The molecule has 2 aromatic carbocycles. The minimum Gasteiger partial charge on any atom is -0.457 e. The molecule has 0 saturated heterocycles. The number of ether oxygens (including phenoxy) is 1. The van der Waals surface area contributed by atoms with Crippen LogP contribution in [0.1, 0.15) is 18.1 Å². The molecule has 2 aromatic rings. The summed E-state index contributed by atoms with van der Waals surface area (Å²) in [6, 6.07) is 10.4. The van der Waals surface area contributed by atoms with Gasteiger partial charge in [-0.15, -0.1) is 0 Å². The monoisotopic (exact) mass is 337 g/mol. The highest BCUT2D eigenvalue weighted by Gasteiger charge is 2.09. The first-order valence-corrected chi connectivity index (χ1v) is 7.22. The zero-order valence-electron chi connectivity index (χ0n) is 11.5. The highest BCUT2D eigenvalue weighted by atomic mass is 79.9. The molecular weight excluding hydrogens is 321 g/mol. The maximum atomic E-state index is 13.4. The third-order valence-corrected chi connectivity index (χ3v) is 3.28. The average Bonchev–Trinajstić information content (AvgIpc) is 2.30. The molecule has 0 aliphatic heterocycles. The standard InChI is InChI=1S/C16H17BrFNO/c1-10-3-4-16(12(5-10)6-11(2)19)20-15-8-13(17)7-14(18)9-15/h3-5,7-9,11H,6,19H2,1-2H3. The van der Waals surface area contributed by atoms with Gasteiger partial charge in [-0.3, -0.25) is 0 Å². The smallest absolute Gasteiger partial charge is 0.131 e. The molecule has 2 rings (SSSR count). The fourth-order valence-electron chi connectivity index (χ4n) is 2.03. The Morgan fingerprint density at radius 3 is 2.65 bits per heavy atom. The van der Waals surface area contributed by atoms with Crippen molar-refractivity contribution in [3.05, 3.63) is 57.8 Å². The van der Waals surface area contributed by atoms with Crippen molar-refractivity contribution < 1.29 is 9.13 Å². The second-order valence-corrected chi connectivity index (χ2v) is 5.92. The minimum atomic E-state index is -0.338. The first-order chi connectivity index (χ1) is 9.44. The van der Waals surface area contributed by atoms with Crippen LogP contribution >= 0.6 is 15.9 Å². The van der Waals surface area contributed by atoms with E-state index in [0.29, 0.717) is 22.4 Å². The van der Waals surface area contributed by atoms with Crippen LogP contribution in [0.4, 0.5) is 4.39 Å². The van der Waals surface area contributed by atoms with Crippen molar-refractivity contribution in [3.63, 3.8) is 0 Å². The quantitative estimate of drug-likeness (QED) is 0.886. The second kappa shape index (κ2) is 6.37. The number of aryl methyl sites for hydroxylation is 1. The molecule has 20 heavy (non-hydrogen) atoms. The molecule has 1 atom stereocenters. The van der Waals surface area contributed by atoms with Gasteiger partial charge in [0.15, 0.2) is 0 Å². The number of hydrogen-bond donors (Lipinski definition) is 1. The molecule has 0 bridgehead atoms. The van der Waals surface area contributed by atoms with E-state index in [1.54, 1.807) is 6.07 Å². The minimum absolute atomic E-state index is 0.0402. The summed E-state index contributed by atoms with van der Waals surface area (Å²) in [5, 5.41) is 0. The first-order valence-electron chi connectivity index (χ1n) is 6.43. The molecule has 2 nitrogen and oxygen atoms in total. The van der Waals surface area contributed by atoms with Crippen molar-refractivity contribution in [2.75, 3.05) is 0 Å². The summed E-state index contributed by atoms with van der Waals surface area (Å²) >= 11 is 3.26. The lowest BCUT2D eigenvalue weighted by atomic mass is 10.0. The van der Waals surface area contributed by atoms with Crippen LogP contribution in [0.2, 0.25) is 0 Å². The van der Waals surface area contributed by atoms with Gasteiger partial charge >= 0.3 is 0 Å². The molecule has 4 heteroatoms. The van der Waals surface area contributed by atoms with E-state index in [1.165, 1.54) is 12.1 Å². The van der Waals surface area contributed by atoms with Crippen molar-refractivity contribution >= 4 is 15.9 Å². The fraction of sp³-hybridized carbons (Fsp3) is 0.250. The normalized spacial score (nSPS) is 12.2. The molecule has 0 saturated carbocycles. The van der Waals surface area contributed by atoms with Gasteiger partial charge in [0.2, 0.25) is 0 Å². The molecule has 0 radical (unpaired) electrons. The fourth-order valence-corrected chi connectivity index (χ4v) is 2.47. The van der Waals surface area contributed by atoms with Gasteiger partial charge in [0, 0.05) is 16.6 Å². The van der Waals surface area contributed by atoms with Crippen molar-refractivity contribution in [2.45, 2.75) is 26.3 Å². The van der Waals surface area contributed by atoms with Crippen LogP contribution < -0.4 is 10.5 Å². The Bertz CT molecular complexity index is 593. The van der Waals surface area contributed by atoms with Crippen LogP contribution in [0, 0.1) is 12.7 Å². The first kappa shape index (κ1) is 15.0. The number of halogens is 2. The molecule has 0 heterocycles. The Hall–Kier alpha value is -1.39. The Labute approximate surface area is 126 Å². The van der Waals surface area contributed by atoms with E-state index in [1.807, 2.05) is 32.0 Å². The highest BCUT2D eigenvalue weighted by Crippen LogP contribution is 2.29. The van der Waals surface area contributed by atoms with Crippen molar-refractivity contribution in [1.82, 2.24) is 0 Å². The van der Waals surface area contributed by atoms with Gasteiger partial charge in [-0.1, -0.05) is 33.6 Å². The van der Waals surface area contributed by atoms with E-state index in [-0.39, 0.29) is 11.9 Å². The van der Waals surface area contributed by atoms with Gasteiger partial charge in [-0.25, -0.2) is 4.39 Å². The third-order valence-electron chi connectivity index (χ3n) is 2.82. The third kappa shape index (κ3) is 4.05. The van der Waals surface area contributed by atoms with E-state index in [2.05, 4.69) is 15.9 Å². The van der Waals surface area contributed by atoms with Crippen LogP contribution in [0.15, 0.2) is 40.9 Å². The topological polar surface area (TPSA) is 35.2 Å². The van der Waals surface area contributed by atoms with E-state index in [9.17, 15) is 4.39 Å². The summed E-state index contributed by atoms with van der Waals surface area (Å²) in [4.78, 5) is 0. The molecule has 0 aromatic heterocycles. The Kier molecular flexibility index (Phi) is 4.78. The largest absolute Gasteiger partial charge is 0.457 e. The van der Waals surface area contributed by atoms with E-state index in [4.69, 9.17) is 10.5 Å². The summed E-state index contributed by atoms with van der Waals surface area (Å²) in [5.74, 6) is 0.840. The predicted octanol–water partition coefficient (Wildman–Crippen LogP) is 4.58. The van der Waals surface area contributed by atoms with Crippen LogP contribution in [-0.2, 0) is 6.42 Å². The molecule has 0 spiro atoms. The van der Waals surface area contributed by atoms with Crippen LogP contribution in [0.3, 0.4) is 0 Å². The lowest BCUT2D eigenvalue weighted by Crippen LogP contribution is -2.18. The molecule has 106 valence electrons. The van der Waals surface area contributed by atoms with Gasteiger partial charge in [0.25, 0.3) is 0 Å². The van der Waals surface area contributed by atoms with Crippen molar-refractivity contribution in [3.8, 4) is 11.5 Å². The maximum Gasteiger partial charge on any atom is 0.131 e. The van der Waals surface area contributed by atoms with Gasteiger partial charge in [0.05, 0.1) is 0 Å². The van der Waals surface area contributed by atoms with Gasteiger partial charge in [-0.2, -0.15) is 0 Å². The molecule has 0 aliphatic rings. The SMILES string of the molecule is Cc1ccc(Oc2cc(F)cc(Br)c2)c(CC(C)N)c1. The molecule has 1 unspecified atom stereocenters. The van der Waals surface area contributed by atoms with Crippen LogP contribution in [0.25, 0.3) is 0 Å². The van der Waals surface area contributed by atoms with Gasteiger partial charge in [0.1, 0.15) is 17.3 Å². The van der Waals surface area contributed by atoms with Crippen molar-refractivity contribution in [2.24, 2.45) is 5.73 Å². The summed E-state index contributed by atoms with van der Waals surface area (Å²) in [6.07, 6.45) is 0.716. The number of nitrogens with two attached hydrogens (primary N) is 1.